The Kier molecular flexibility index (Phi) is 5.83. The number of rotatable bonds is 5. The first kappa shape index (κ1) is 19.8. The number of sulfonamides is 1. The highest BCUT2D eigenvalue weighted by Gasteiger charge is 2.34. The van der Waals surface area contributed by atoms with Crippen molar-refractivity contribution >= 4 is 38.9 Å². The van der Waals surface area contributed by atoms with Crippen LogP contribution in [0.25, 0.3) is 0 Å². The van der Waals surface area contributed by atoms with Gasteiger partial charge in [0.05, 0.1) is 16.0 Å². The zero-order valence-corrected chi connectivity index (χ0v) is 16.6. The summed E-state index contributed by atoms with van der Waals surface area (Å²) in [6, 6.07) is 11.1. The maximum Gasteiger partial charge on any atom is 0.252 e. The van der Waals surface area contributed by atoms with Crippen molar-refractivity contribution in [3.63, 3.8) is 0 Å². The fraction of sp³-hybridized carbons (Fsp3) is 0.294. The highest BCUT2D eigenvalue weighted by Crippen LogP contribution is 2.30. The molecule has 2 heterocycles. The summed E-state index contributed by atoms with van der Waals surface area (Å²) in [6.45, 7) is 1.23. The quantitative estimate of drug-likeness (QED) is 0.787. The molecule has 1 fully saturated rings. The maximum absolute atomic E-state index is 12.7. The van der Waals surface area contributed by atoms with Gasteiger partial charge in [-0.05, 0) is 29.8 Å². The van der Waals surface area contributed by atoms with E-state index in [0.29, 0.717) is 28.6 Å². The van der Waals surface area contributed by atoms with E-state index in [4.69, 9.17) is 22.6 Å². The van der Waals surface area contributed by atoms with Crippen molar-refractivity contribution in [2.75, 3.05) is 26.2 Å². The molecule has 7 nitrogen and oxygen atoms in total. The van der Waals surface area contributed by atoms with Crippen molar-refractivity contribution in [2.45, 2.75) is 10.3 Å². The summed E-state index contributed by atoms with van der Waals surface area (Å²) in [6.07, 6.45) is 0. The lowest BCUT2D eigenvalue weighted by Gasteiger charge is -2.37. The van der Waals surface area contributed by atoms with Gasteiger partial charge in [-0.15, -0.1) is 11.3 Å². The number of nitriles is 1. The summed E-state index contributed by atoms with van der Waals surface area (Å²) in [5.74, 6) is -0.513. The van der Waals surface area contributed by atoms with Crippen LogP contribution in [-0.2, 0) is 14.8 Å². The number of thiophene rings is 1. The molecular formula is C17H17ClN4O3S2. The van der Waals surface area contributed by atoms with Crippen LogP contribution in [0.3, 0.4) is 0 Å². The molecule has 2 aromatic rings. The van der Waals surface area contributed by atoms with Gasteiger partial charge in [-0.25, -0.2) is 8.42 Å². The first-order valence-corrected chi connectivity index (χ1v) is 10.8. The monoisotopic (exact) mass is 424 g/mol. The van der Waals surface area contributed by atoms with Crippen LogP contribution in [0.1, 0.15) is 17.2 Å². The first-order chi connectivity index (χ1) is 12.8. The Hall–Kier alpha value is -1.96. The Morgan fingerprint density at radius 3 is 2.26 bits per heavy atom. The minimum absolute atomic E-state index is 0.208. The topological polar surface area (TPSA) is 107 Å². The van der Waals surface area contributed by atoms with Crippen LogP contribution in [0.15, 0.2) is 40.6 Å². The predicted molar refractivity (Wildman–Crippen MR) is 103 cm³/mol. The van der Waals surface area contributed by atoms with E-state index in [-0.39, 0.29) is 17.3 Å². The van der Waals surface area contributed by atoms with Crippen LogP contribution in [-0.4, -0.2) is 49.7 Å². The molecule has 27 heavy (non-hydrogen) atoms. The number of nitrogens with two attached hydrogens (primary N) is 1. The van der Waals surface area contributed by atoms with Crippen molar-refractivity contribution in [3.05, 3.63) is 51.9 Å². The maximum atomic E-state index is 12.7. The number of piperazine rings is 1. The van der Waals surface area contributed by atoms with Gasteiger partial charge in [0.2, 0.25) is 5.91 Å². The number of halogens is 1. The molecular weight excluding hydrogens is 408 g/mol. The Balaban J connectivity index is 1.74. The zero-order chi connectivity index (χ0) is 19.6. The lowest BCUT2D eigenvalue weighted by atomic mass is 10.0. The van der Waals surface area contributed by atoms with Crippen molar-refractivity contribution in [2.24, 2.45) is 5.73 Å². The Morgan fingerprint density at radius 1 is 1.15 bits per heavy atom. The average Bonchev–Trinajstić information content (AvgIpc) is 3.10. The van der Waals surface area contributed by atoms with E-state index in [1.807, 2.05) is 11.0 Å². The van der Waals surface area contributed by atoms with Crippen LogP contribution < -0.4 is 5.73 Å². The molecule has 0 aliphatic carbocycles. The van der Waals surface area contributed by atoms with E-state index in [0.717, 1.165) is 11.3 Å². The largest absolute Gasteiger partial charge is 0.368 e. The van der Waals surface area contributed by atoms with Gasteiger partial charge >= 0.3 is 0 Å². The molecule has 0 saturated carbocycles. The highest BCUT2D eigenvalue weighted by molar-refractivity contribution is 7.91. The number of hydrogen-bond donors (Lipinski definition) is 1. The molecule has 10 heteroatoms. The number of hydrogen-bond acceptors (Lipinski definition) is 6. The number of carbonyl (C=O) groups excluding carboxylic acids is 1. The van der Waals surface area contributed by atoms with Crippen molar-refractivity contribution in [1.82, 2.24) is 9.21 Å². The lowest BCUT2D eigenvalue weighted by Crippen LogP contribution is -2.51. The second-order valence-corrected chi connectivity index (χ2v) is 9.92. The van der Waals surface area contributed by atoms with Gasteiger partial charge in [0.1, 0.15) is 10.3 Å². The second-order valence-electron chi connectivity index (χ2n) is 6.04. The minimum Gasteiger partial charge on any atom is -0.368 e. The van der Waals surface area contributed by atoms with E-state index >= 15 is 0 Å². The molecule has 0 spiro atoms. The van der Waals surface area contributed by atoms with Crippen LogP contribution in [0, 0.1) is 11.3 Å². The molecule has 1 aromatic carbocycles. The third-order valence-corrected chi connectivity index (χ3v) is 8.00. The van der Waals surface area contributed by atoms with Crippen LogP contribution >= 0.6 is 22.9 Å². The normalized spacial score (nSPS) is 17.3. The summed E-state index contributed by atoms with van der Waals surface area (Å²) >= 11 is 6.87. The molecule has 1 aliphatic heterocycles. The summed E-state index contributed by atoms with van der Waals surface area (Å²) in [5.41, 5.74) is 6.77. The molecule has 3 rings (SSSR count). The van der Waals surface area contributed by atoms with Crippen LogP contribution in [0.4, 0.5) is 0 Å². The Bertz CT molecular complexity index is 974. The SMILES string of the molecule is N#Cc1ccc(C(C(N)=O)N2CCN(S(=O)(=O)c3ccc(Cl)s3)CC2)cc1. The van der Waals surface area contributed by atoms with Crippen molar-refractivity contribution < 1.29 is 13.2 Å². The fourth-order valence-electron chi connectivity index (χ4n) is 3.06. The average molecular weight is 425 g/mol. The molecule has 0 radical (unpaired) electrons. The van der Waals surface area contributed by atoms with Gasteiger partial charge in [0, 0.05) is 26.2 Å². The Labute approximate surface area is 166 Å². The van der Waals surface area contributed by atoms with E-state index in [1.165, 1.54) is 10.4 Å². The van der Waals surface area contributed by atoms with Gasteiger partial charge in [0.15, 0.2) is 0 Å². The van der Waals surface area contributed by atoms with Crippen LogP contribution in [0.2, 0.25) is 4.34 Å². The molecule has 0 bridgehead atoms. The standard InChI is InChI=1S/C17H17ClN4O3S2/c18-14-5-6-15(26-14)27(24,25)22-9-7-21(8-10-22)16(17(20)23)13-3-1-12(11-19)2-4-13/h1-6,16H,7-10H2,(H2,20,23). The molecule has 1 unspecified atom stereocenters. The molecule has 1 aliphatic rings. The molecule has 1 saturated heterocycles. The number of nitrogens with zero attached hydrogens (tertiary/aromatic N) is 3. The van der Waals surface area contributed by atoms with Crippen molar-refractivity contribution in [1.29, 1.82) is 5.26 Å². The number of benzene rings is 1. The molecule has 1 aromatic heterocycles. The predicted octanol–water partition coefficient (Wildman–Crippen LogP) is 1.81. The minimum atomic E-state index is -3.60. The zero-order valence-electron chi connectivity index (χ0n) is 14.2. The lowest BCUT2D eigenvalue weighted by molar-refractivity contribution is -0.124. The highest BCUT2D eigenvalue weighted by atomic mass is 35.5. The smallest absolute Gasteiger partial charge is 0.252 e. The number of amides is 1. The second kappa shape index (κ2) is 7.96. The fourth-order valence-corrected chi connectivity index (χ4v) is 6.12. The van der Waals surface area contributed by atoms with E-state index in [1.54, 1.807) is 30.3 Å². The molecule has 1 amide bonds. The molecule has 1 atom stereocenters. The third kappa shape index (κ3) is 4.15. The van der Waals surface area contributed by atoms with Gasteiger partial charge in [-0.1, -0.05) is 23.7 Å². The summed E-state index contributed by atoms with van der Waals surface area (Å²) in [7, 11) is -3.60. The van der Waals surface area contributed by atoms with Gasteiger partial charge in [-0.3, -0.25) is 9.69 Å². The van der Waals surface area contributed by atoms with Crippen LogP contribution in [0.5, 0.6) is 0 Å². The van der Waals surface area contributed by atoms with Gasteiger partial charge in [0.25, 0.3) is 10.0 Å². The summed E-state index contributed by atoms with van der Waals surface area (Å²) < 4.78 is 27.4. The van der Waals surface area contributed by atoms with Gasteiger partial charge < -0.3 is 5.73 Å². The summed E-state index contributed by atoms with van der Waals surface area (Å²) in [4.78, 5) is 13.9. The number of carbonyl (C=O) groups is 1. The van der Waals surface area contributed by atoms with Gasteiger partial charge in [-0.2, -0.15) is 9.57 Å². The molecule has 2 N–H and O–H groups in total. The van der Waals surface area contributed by atoms with Crippen molar-refractivity contribution in [3.8, 4) is 6.07 Å². The van der Waals surface area contributed by atoms with E-state index in [2.05, 4.69) is 0 Å². The number of primary amides is 1. The molecule has 142 valence electrons. The Morgan fingerprint density at radius 2 is 1.78 bits per heavy atom. The third-order valence-electron chi connectivity index (χ3n) is 4.41. The summed E-state index contributed by atoms with van der Waals surface area (Å²) in [5, 5.41) is 8.90. The van der Waals surface area contributed by atoms with E-state index in [9.17, 15) is 13.2 Å². The first-order valence-electron chi connectivity index (χ1n) is 8.12. The van der Waals surface area contributed by atoms with E-state index < -0.39 is 22.0 Å².